The van der Waals surface area contributed by atoms with Crippen molar-refractivity contribution in [2.45, 2.75) is 0 Å². The van der Waals surface area contributed by atoms with E-state index in [-0.39, 0.29) is 16.2 Å². The van der Waals surface area contributed by atoms with Gasteiger partial charge in [-0.15, -0.1) is 5.06 Å². The molecule has 1 N–H and O–H groups in total. The van der Waals surface area contributed by atoms with Crippen molar-refractivity contribution in [2.24, 2.45) is 0 Å². The van der Waals surface area contributed by atoms with Gasteiger partial charge in [0.1, 0.15) is 0 Å². The highest BCUT2D eigenvalue weighted by molar-refractivity contribution is 9.10. The zero-order chi connectivity index (χ0) is 9.59. The van der Waals surface area contributed by atoms with Gasteiger partial charge in [-0.2, -0.15) is 0 Å². The van der Waals surface area contributed by atoms with E-state index in [1.54, 1.807) is 12.1 Å². The SMILES string of the molecule is O=C1c2cccc(Br)c2C(=O)N1O. The second-order valence-electron chi connectivity index (χ2n) is 2.58. The van der Waals surface area contributed by atoms with Gasteiger partial charge in [0.15, 0.2) is 0 Å². The van der Waals surface area contributed by atoms with Crippen LogP contribution >= 0.6 is 15.9 Å². The van der Waals surface area contributed by atoms with Gasteiger partial charge in [0.05, 0.1) is 11.1 Å². The van der Waals surface area contributed by atoms with E-state index in [0.717, 1.165) is 0 Å². The highest BCUT2D eigenvalue weighted by atomic mass is 79.9. The molecule has 0 saturated carbocycles. The van der Waals surface area contributed by atoms with E-state index in [9.17, 15) is 9.59 Å². The van der Waals surface area contributed by atoms with Gasteiger partial charge >= 0.3 is 0 Å². The van der Waals surface area contributed by atoms with E-state index < -0.39 is 11.8 Å². The lowest BCUT2D eigenvalue weighted by Crippen LogP contribution is -2.25. The molecule has 4 nitrogen and oxygen atoms in total. The van der Waals surface area contributed by atoms with Crippen LogP contribution in [0.25, 0.3) is 0 Å². The van der Waals surface area contributed by atoms with E-state index in [1.807, 2.05) is 0 Å². The molecule has 1 aliphatic heterocycles. The Hall–Kier alpha value is -1.20. The van der Waals surface area contributed by atoms with Gasteiger partial charge in [0.25, 0.3) is 11.8 Å². The van der Waals surface area contributed by atoms with Crippen molar-refractivity contribution in [3.05, 3.63) is 33.8 Å². The summed E-state index contributed by atoms with van der Waals surface area (Å²) >= 11 is 3.13. The lowest BCUT2D eigenvalue weighted by Gasteiger charge is -2.00. The number of halogens is 1. The molecule has 1 heterocycles. The summed E-state index contributed by atoms with van der Waals surface area (Å²) in [5.41, 5.74) is 0.442. The number of fused-ring (bicyclic) bond motifs is 1. The van der Waals surface area contributed by atoms with Crippen LogP contribution in [0.4, 0.5) is 0 Å². The number of carbonyl (C=O) groups excluding carboxylic acids is 2. The zero-order valence-electron chi connectivity index (χ0n) is 6.32. The first-order valence-electron chi connectivity index (χ1n) is 3.49. The molecule has 1 aromatic rings. The molecule has 0 radical (unpaired) electrons. The third-order valence-corrected chi connectivity index (χ3v) is 2.50. The molecule has 0 aliphatic carbocycles. The summed E-state index contributed by atoms with van der Waals surface area (Å²) in [6.07, 6.45) is 0. The summed E-state index contributed by atoms with van der Waals surface area (Å²) in [6, 6.07) is 4.77. The molecule has 0 saturated heterocycles. The second-order valence-corrected chi connectivity index (χ2v) is 3.44. The van der Waals surface area contributed by atoms with Crippen LogP contribution in [0.1, 0.15) is 20.7 Å². The molecule has 2 rings (SSSR count). The van der Waals surface area contributed by atoms with Crippen molar-refractivity contribution in [3.8, 4) is 0 Å². The van der Waals surface area contributed by atoms with E-state index in [2.05, 4.69) is 15.9 Å². The van der Waals surface area contributed by atoms with Crippen LogP contribution in [0.15, 0.2) is 22.7 Å². The van der Waals surface area contributed by atoms with Crippen molar-refractivity contribution < 1.29 is 14.8 Å². The Kier molecular flexibility index (Phi) is 1.71. The minimum absolute atomic E-state index is 0.120. The Labute approximate surface area is 81.9 Å². The summed E-state index contributed by atoms with van der Waals surface area (Å²) < 4.78 is 0.514. The van der Waals surface area contributed by atoms with Gasteiger partial charge < -0.3 is 0 Å². The Balaban J connectivity index is 2.74. The molecule has 0 spiro atoms. The van der Waals surface area contributed by atoms with Crippen molar-refractivity contribution in [2.75, 3.05) is 0 Å². The third kappa shape index (κ3) is 1.01. The quantitative estimate of drug-likeness (QED) is 0.553. The van der Waals surface area contributed by atoms with Crippen LogP contribution in [0.2, 0.25) is 0 Å². The average Bonchev–Trinajstić information content (AvgIpc) is 2.33. The maximum absolute atomic E-state index is 11.3. The number of hydroxylamine groups is 2. The molecule has 0 atom stereocenters. The van der Waals surface area contributed by atoms with Gasteiger partial charge in [-0.3, -0.25) is 14.8 Å². The zero-order valence-corrected chi connectivity index (χ0v) is 7.91. The van der Waals surface area contributed by atoms with Gasteiger partial charge in [-0.05, 0) is 28.1 Å². The summed E-state index contributed by atoms with van der Waals surface area (Å²) in [4.78, 5) is 22.4. The Morgan fingerprint density at radius 2 is 1.92 bits per heavy atom. The first kappa shape index (κ1) is 8.40. The fourth-order valence-corrected chi connectivity index (χ4v) is 1.77. The van der Waals surface area contributed by atoms with Gasteiger partial charge in [0.2, 0.25) is 0 Å². The number of imide groups is 1. The lowest BCUT2D eigenvalue weighted by molar-refractivity contribution is -0.0327. The minimum Gasteiger partial charge on any atom is -0.278 e. The molecule has 0 bridgehead atoms. The van der Waals surface area contributed by atoms with Crippen LogP contribution in [0.3, 0.4) is 0 Å². The highest BCUT2D eigenvalue weighted by Gasteiger charge is 2.36. The average molecular weight is 242 g/mol. The fraction of sp³-hybridized carbons (Fsp3) is 0. The summed E-state index contributed by atoms with van der Waals surface area (Å²) in [5, 5.41) is 9.15. The monoisotopic (exact) mass is 241 g/mol. The van der Waals surface area contributed by atoms with E-state index in [1.165, 1.54) is 6.07 Å². The minimum atomic E-state index is -0.688. The van der Waals surface area contributed by atoms with Crippen molar-refractivity contribution in [1.29, 1.82) is 0 Å². The van der Waals surface area contributed by atoms with Gasteiger partial charge in [-0.1, -0.05) is 6.07 Å². The van der Waals surface area contributed by atoms with Gasteiger partial charge in [-0.25, -0.2) is 0 Å². The summed E-state index contributed by atoms with van der Waals surface area (Å²) in [6.45, 7) is 0. The van der Waals surface area contributed by atoms with Crippen LogP contribution in [-0.4, -0.2) is 22.1 Å². The van der Waals surface area contributed by atoms with Crippen LogP contribution in [0.5, 0.6) is 0 Å². The number of rotatable bonds is 0. The van der Waals surface area contributed by atoms with E-state index >= 15 is 0 Å². The first-order chi connectivity index (χ1) is 6.13. The molecule has 66 valence electrons. The molecule has 1 aliphatic rings. The molecule has 0 aromatic heterocycles. The number of hydrogen-bond donors (Lipinski definition) is 1. The summed E-state index contributed by atoms with van der Waals surface area (Å²) in [7, 11) is 0. The normalized spacial score (nSPS) is 15.1. The number of benzene rings is 1. The number of nitrogens with zero attached hydrogens (tertiary/aromatic N) is 1. The maximum Gasteiger partial charge on any atom is 0.286 e. The fourth-order valence-electron chi connectivity index (χ4n) is 1.23. The van der Waals surface area contributed by atoms with Crippen molar-refractivity contribution in [3.63, 3.8) is 0 Å². The van der Waals surface area contributed by atoms with Crippen LogP contribution in [-0.2, 0) is 0 Å². The number of hydrogen-bond acceptors (Lipinski definition) is 3. The van der Waals surface area contributed by atoms with Crippen molar-refractivity contribution >= 4 is 27.7 Å². The Morgan fingerprint density at radius 3 is 2.54 bits per heavy atom. The molecule has 2 amide bonds. The predicted octanol–water partition coefficient (Wildman–Crippen LogP) is 1.43. The largest absolute Gasteiger partial charge is 0.286 e. The molecule has 0 fully saturated rings. The predicted molar refractivity (Wildman–Crippen MR) is 46.4 cm³/mol. The third-order valence-electron chi connectivity index (χ3n) is 1.84. The second kappa shape index (κ2) is 2.65. The molecular weight excluding hydrogens is 238 g/mol. The van der Waals surface area contributed by atoms with E-state index in [4.69, 9.17) is 5.21 Å². The lowest BCUT2D eigenvalue weighted by atomic mass is 10.1. The molecule has 0 unspecified atom stereocenters. The molecular formula is C8H4BrNO3. The smallest absolute Gasteiger partial charge is 0.278 e. The van der Waals surface area contributed by atoms with Gasteiger partial charge in [0, 0.05) is 4.47 Å². The Bertz CT molecular complexity index is 416. The van der Waals surface area contributed by atoms with Crippen LogP contribution < -0.4 is 0 Å². The molecule has 13 heavy (non-hydrogen) atoms. The molecule has 1 aromatic carbocycles. The van der Waals surface area contributed by atoms with Crippen molar-refractivity contribution in [1.82, 2.24) is 5.06 Å². The summed E-state index contributed by atoms with van der Waals surface area (Å²) in [5.74, 6) is -1.37. The highest BCUT2D eigenvalue weighted by Crippen LogP contribution is 2.27. The molecule has 5 heteroatoms. The standard InChI is InChI=1S/C8H4BrNO3/c9-5-3-1-2-4-6(5)8(12)10(13)7(4)11/h1-3,13H. The van der Waals surface area contributed by atoms with Crippen LogP contribution in [0, 0.1) is 0 Å². The topological polar surface area (TPSA) is 57.6 Å². The van der Waals surface area contributed by atoms with E-state index in [0.29, 0.717) is 4.47 Å². The first-order valence-corrected chi connectivity index (χ1v) is 4.28. The Morgan fingerprint density at radius 1 is 1.23 bits per heavy atom. The maximum atomic E-state index is 11.3. The number of amides is 2. The number of carbonyl (C=O) groups is 2.